The van der Waals surface area contributed by atoms with E-state index < -0.39 is 0 Å². The molecule has 3 N–H and O–H groups in total. The first-order chi connectivity index (χ1) is 13.6. The molecule has 2 unspecified atom stereocenters. The highest BCUT2D eigenvalue weighted by molar-refractivity contribution is 5.64. The second-order valence-electron chi connectivity index (χ2n) is 7.87. The minimum Gasteiger partial charge on any atom is -0.482 e. The van der Waals surface area contributed by atoms with Gasteiger partial charge in [0.25, 0.3) is 0 Å². The zero-order valence-electron chi connectivity index (χ0n) is 16.1. The van der Waals surface area contributed by atoms with Crippen LogP contribution in [0.5, 0.6) is 5.75 Å². The zero-order chi connectivity index (χ0) is 19.1. The standard InChI is InChI=1S/C22H25N5O/c1-15(16-5-3-2-4-6-16)28-19-11-17(13-25-21(19)23)18-12-20-22(7-9-24-14-22)8-10-27(20)26-18/h2-6,11-13,15,24H,7-10,14H2,1H3,(H2,23,25). The maximum absolute atomic E-state index is 6.13. The molecule has 5 rings (SSSR count). The topological polar surface area (TPSA) is 78.0 Å². The molecule has 4 heterocycles. The molecule has 1 spiro atoms. The van der Waals surface area contributed by atoms with Crippen LogP contribution in [-0.4, -0.2) is 27.9 Å². The summed E-state index contributed by atoms with van der Waals surface area (Å²) in [6.45, 7) is 5.12. The van der Waals surface area contributed by atoms with Gasteiger partial charge in [0.1, 0.15) is 6.10 Å². The molecule has 0 saturated carbocycles. The molecule has 1 saturated heterocycles. The van der Waals surface area contributed by atoms with Crippen LogP contribution in [0.4, 0.5) is 5.82 Å². The molecule has 2 aromatic heterocycles. The molecular weight excluding hydrogens is 350 g/mol. The Balaban J connectivity index is 1.44. The Bertz CT molecular complexity index is 991. The van der Waals surface area contributed by atoms with Gasteiger partial charge in [-0.25, -0.2) is 4.98 Å². The van der Waals surface area contributed by atoms with Gasteiger partial charge < -0.3 is 15.8 Å². The first kappa shape index (κ1) is 17.3. The molecule has 0 aliphatic carbocycles. The number of nitrogens with one attached hydrogen (secondary N) is 1. The number of nitrogens with two attached hydrogens (primary N) is 1. The third-order valence-corrected chi connectivity index (χ3v) is 6.12. The molecule has 144 valence electrons. The van der Waals surface area contributed by atoms with E-state index in [4.69, 9.17) is 15.6 Å². The van der Waals surface area contributed by atoms with Crippen molar-refractivity contribution in [3.63, 3.8) is 0 Å². The summed E-state index contributed by atoms with van der Waals surface area (Å²) in [6, 6.07) is 14.3. The minimum atomic E-state index is -0.111. The highest BCUT2D eigenvalue weighted by Gasteiger charge is 2.42. The highest BCUT2D eigenvalue weighted by atomic mass is 16.5. The second-order valence-corrected chi connectivity index (χ2v) is 7.87. The lowest BCUT2D eigenvalue weighted by Gasteiger charge is -2.20. The fourth-order valence-electron chi connectivity index (χ4n) is 4.45. The van der Waals surface area contributed by atoms with Crippen LogP contribution in [0.15, 0.2) is 48.7 Å². The lowest BCUT2D eigenvalue weighted by atomic mass is 9.82. The molecule has 1 aromatic carbocycles. The van der Waals surface area contributed by atoms with Crippen molar-refractivity contribution >= 4 is 5.82 Å². The van der Waals surface area contributed by atoms with Gasteiger partial charge >= 0.3 is 0 Å². The van der Waals surface area contributed by atoms with Gasteiger partial charge in [-0.1, -0.05) is 30.3 Å². The number of aryl methyl sites for hydroxylation is 1. The lowest BCUT2D eigenvalue weighted by Crippen LogP contribution is -2.25. The summed E-state index contributed by atoms with van der Waals surface area (Å²) in [5, 5.41) is 8.35. The number of aromatic nitrogens is 3. The van der Waals surface area contributed by atoms with E-state index in [0.29, 0.717) is 11.6 Å². The molecule has 2 aliphatic rings. The van der Waals surface area contributed by atoms with Gasteiger partial charge in [-0.2, -0.15) is 5.10 Å². The SMILES string of the molecule is CC(Oc1cc(-c2cc3n(n2)CCC32CCNC2)cnc1N)c1ccccc1. The van der Waals surface area contributed by atoms with Crippen molar-refractivity contribution in [2.24, 2.45) is 0 Å². The Hall–Kier alpha value is -2.86. The number of ether oxygens (including phenoxy) is 1. The van der Waals surface area contributed by atoms with Crippen LogP contribution in [0.25, 0.3) is 11.3 Å². The van der Waals surface area contributed by atoms with Gasteiger partial charge in [-0.05, 0) is 44.0 Å². The van der Waals surface area contributed by atoms with Gasteiger partial charge in [0.2, 0.25) is 0 Å². The molecule has 1 fully saturated rings. The molecule has 28 heavy (non-hydrogen) atoms. The number of pyridine rings is 1. The van der Waals surface area contributed by atoms with E-state index in [-0.39, 0.29) is 11.5 Å². The largest absolute Gasteiger partial charge is 0.482 e. The number of hydrogen-bond acceptors (Lipinski definition) is 5. The Morgan fingerprint density at radius 3 is 2.86 bits per heavy atom. The predicted octanol–water partition coefficient (Wildman–Crippen LogP) is 3.30. The van der Waals surface area contributed by atoms with Crippen LogP contribution in [-0.2, 0) is 12.0 Å². The van der Waals surface area contributed by atoms with Gasteiger partial charge in [-0.15, -0.1) is 0 Å². The molecule has 6 nitrogen and oxygen atoms in total. The smallest absolute Gasteiger partial charge is 0.166 e. The van der Waals surface area contributed by atoms with Crippen LogP contribution in [0.2, 0.25) is 0 Å². The molecule has 0 bridgehead atoms. The molecule has 2 atom stereocenters. The normalized spacial score (nSPS) is 21.8. The van der Waals surface area contributed by atoms with Crippen molar-refractivity contribution in [1.29, 1.82) is 0 Å². The van der Waals surface area contributed by atoms with E-state index in [1.54, 1.807) is 6.20 Å². The van der Waals surface area contributed by atoms with Crippen LogP contribution in [0.1, 0.15) is 37.1 Å². The Morgan fingerprint density at radius 2 is 2.07 bits per heavy atom. The number of nitrogens with zero attached hydrogens (tertiary/aromatic N) is 3. The Kier molecular flexibility index (Phi) is 4.09. The third-order valence-electron chi connectivity index (χ3n) is 6.12. The maximum atomic E-state index is 6.13. The minimum absolute atomic E-state index is 0.111. The Labute approximate surface area is 164 Å². The second kappa shape index (κ2) is 6.63. The van der Waals surface area contributed by atoms with Crippen LogP contribution < -0.4 is 15.8 Å². The predicted molar refractivity (Wildman–Crippen MR) is 109 cm³/mol. The van der Waals surface area contributed by atoms with Crippen LogP contribution >= 0.6 is 0 Å². The third kappa shape index (κ3) is 2.85. The molecular formula is C22H25N5O. The first-order valence-corrected chi connectivity index (χ1v) is 9.91. The van der Waals surface area contributed by atoms with E-state index in [1.807, 2.05) is 43.3 Å². The summed E-state index contributed by atoms with van der Waals surface area (Å²) in [6.07, 6.45) is 4.03. The summed E-state index contributed by atoms with van der Waals surface area (Å²) in [5.74, 6) is 0.994. The summed E-state index contributed by atoms with van der Waals surface area (Å²) in [4.78, 5) is 4.37. The molecule has 0 amide bonds. The van der Waals surface area contributed by atoms with Gasteiger partial charge in [0.05, 0.1) is 5.69 Å². The molecule has 2 aliphatic heterocycles. The maximum Gasteiger partial charge on any atom is 0.166 e. The fraction of sp³-hybridized carbons (Fsp3) is 0.364. The fourth-order valence-corrected chi connectivity index (χ4v) is 4.45. The molecule has 0 radical (unpaired) electrons. The Morgan fingerprint density at radius 1 is 1.21 bits per heavy atom. The zero-order valence-corrected chi connectivity index (χ0v) is 16.1. The van der Waals surface area contributed by atoms with Crippen molar-refractivity contribution in [2.75, 3.05) is 18.8 Å². The number of hydrogen-bond donors (Lipinski definition) is 2. The highest BCUT2D eigenvalue weighted by Crippen LogP contribution is 2.41. The van der Waals surface area contributed by atoms with Crippen molar-refractivity contribution in [3.8, 4) is 17.0 Å². The number of anilines is 1. The average molecular weight is 375 g/mol. The van der Waals surface area contributed by atoms with E-state index in [9.17, 15) is 0 Å². The lowest BCUT2D eigenvalue weighted by molar-refractivity contribution is 0.227. The van der Waals surface area contributed by atoms with E-state index >= 15 is 0 Å². The van der Waals surface area contributed by atoms with Gasteiger partial charge in [-0.3, -0.25) is 4.68 Å². The first-order valence-electron chi connectivity index (χ1n) is 9.91. The van der Waals surface area contributed by atoms with Crippen LogP contribution in [0.3, 0.4) is 0 Å². The quantitative estimate of drug-likeness (QED) is 0.732. The van der Waals surface area contributed by atoms with Crippen molar-refractivity contribution in [2.45, 2.75) is 37.8 Å². The van der Waals surface area contributed by atoms with Crippen molar-refractivity contribution < 1.29 is 4.74 Å². The number of rotatable bonds is 4. The number of benzene rings is 1. The van der Waals surface area contributed by atoms with E-state index in [2.05, 4.69) is 21.0 Å². The van der Waals surface area contributed by atoms with Crippen molar-refractivity contribution in [3.05, 3.63) is 59.9 Å². The number of fused-ring (bicyclic) bond motifs is 2. The van der Waals surface area contributed by atoms with Crippen LogP contribution in [0, 0.1) is 0 Å². The summed E-state index contributed by atoms with van der Waals surface area (Å²) < 4.78 is 8.29. The molecule has 3 aromatic rings. The summed E-state index contributed by atoms with van der Waals surface area (Å²) in [7, 11) is 0. The summed E-state index contributed by atoms with van der Waals surface area (Å²) >= 11 is 0. The molecule has 6 heteroatoms. The van der Waals surface area contributed by atoms with Gasteiger partial charge in [0.15, 0.2) is 11.6 Å². The van der Waals surface area contributed by atoms with E-state index in [1.165, 1.54) is 18.5 Å². The summed E-state index contributed by atoms with van der Waals surface area (Å²) in [5.41, 5.74) is 10.6. The average Bonchev–Trinajstić information content (AvgIpc) is 3.43. The monoisotopic (exact) mass is 375 g/mol. The van der Waals surface area contributed by atoms with Gasteiger partial charge in [0, 0.05) is 36.0 Å². The van der Waals surface area contributed by atoms with E-state index in [0.717, 1.165) is 36.5 Å². The number of nitrogen functional groups attached to an aromatic ring is 1. The van der Waals surface area contributed by atoms with Crippen molar-refractivity contribution in [1.82, 2.24) is 20.1 Å².